The molecule has 354 valence electrons. The smallest absolute Gasteiger partial charge is 0.306 e. The summed E-state index contributed by atoms with van der Waals surface area (Å²) in [5.74, 6) is -0.587. The van der Waals surface area contributed by atoms with Gasteiger partial charge in [-0.15, -0.1) is 0 Å². The number of amides is 1. The highest BCUT2D eigenvalue weighted by Crippen LogP contribution is 2.17. The summed E-state index contributed by atoms with van der Waals surface area (Å²) in [6.07, 6.45) is 60.2. The minimum Gasteiger partial charge on any atom is -0.461 e. The highest BCUT2D eigenvalue weighted by molar-refractivity contribution is 5.77. The van der Waals surface area contributed by atoms with Crippen LogP contribution in [0.25, 0.3) is 0 Å². The van der Waals surface area contributed by atoms with Crippen molar-refractivity contribution in [3.63, 3.8) is 0 Å². The van der Waals surface area contributed by atoms with Gasteiger partial charge in [0.15, 0.2) is 0 Å². The van der Waals surface area contributed by atoms with Crippen LogP contribution in [0.4, 0.5) is 0 Å². The lowest BCUT2D eigenvalue weighted by Gasteiger charge is -2.24. The van der Waals surface area contributed by atoms with Crippen LogP contribution in [0.3, 0.4) is 0 Å². The van der Waals surface area contributed by atoms with Gasteiger partial charge in [0.2, 0.25) is 5.91 Å². The molecule has 6 nitrogen and oxygen atoms in total. The van der Waals surface area contributed by atoms with Crippen LogP contribution in [-0.4, -0.2) is 46.9 Å². The van der Waals surface area contributed by atoms with Gasteiger partial charge >= 0.3 is 5.97 Å². The Morgan fingerprint density at radius 1 is 0.492 bits per heavy atom. The molecule has 0 aromatic carbocycles. The lowest BCUT2D eigenvalue weighted by Crippen LogP contribution is -2.46. The van der Waals surface area contributed by atoms with Gasteiger partial charge in [0.05, 0.1) is 25.2 Å². The number of aliphatic hydroxyl groups excluding tert-OH is 2. The van der Waals surface area contributed by atoms with Crippen LogP contribution in [0.5, 0.6) is 0 Å². The molecule has 0 radical (unpaired) electrons. The zero-order chi connectivity index (χ0) is 44.5. The third kappa shape index (κ3) is 44.0. The minimum atomic E-state index is -0.813. The highest BCUT2D eigenvalue weighted by atomic mass is 16.5. The fraction of sp³-hybridized carbons (Fsp3) is 0.782. The van der Waals surface area contributed by atoms with E-state index in [-0.39, 0.29) is 24.9 Å². The van der Waals surface area contributed by atoms with Crippen molar-refractivity contribution in [2.24, 2.45) is 0 Å². The molecule has 3 atom stereocenters. The van der Waals surface area contributed by atoms with Crippen LogP contribution >= 0.6 is 0 Å². The maximum atomic E-state index is 13.2. The minimum absolute atomic E-state index is 0.00232. The fourth-order valence-electron chi connectivity index (χ4n) is 7.59. The quantitative estimate of drug-likeness (QED) is 0.0322. The molecular formula is C55H99NO5. The summed E-state index contributed by atoms with van der Waals surface area (Å²) in [5.41, 5.74) is 0. The maximum absolute atomic E-state index is 13.2. The van der Waals surface area contributed by atoms with Crippen LogP contribution < -0.4 is 5.32 Å². The van der Waals surface area contributed by atoms with E-state index in [0.717, 1.165) is 77.0 Å². The van der Waals surface area contributed by atoms with Crippen LogP contribution in [0, 0.1) is 0 Å². The molecule has 0 rings (SSSR count). The third-order valence-electron chi connectivity index (χ3n) is 11.6. The van der Waals surface area contributed by atoms with Gasteiger partial charge in [0.25, 0.3) is 0 Å². The first kappa shape index (κ1) is 58.6. The molecule has 1 amide bonds. The number of esters is 1. The molecule has 0 saturated carbocycles. The molecule has 0 aromatic heterocycles. The monoisotopic (exact) mass is 854 g/mol. The summed E-state index contributed by atoms with van der Waals surface area (Å²) < 4.78 is 5.85. The van der Waals surface area contributed by atoms with Crippen molar-refractivity contribution in [3.05, 3.63) is 60.8 Å². The molecule has 0 aromatic rings. The van der Waals surface area contributed by atoms with Gasteiger partial charge in [-0.1, -0.05) is 229 Å². The van der Waals surface area contributed by atoms with Crippen molar-refractivity contribution in [2.45, 2.75) is 270 Å². The summed E-state index contributed by atoms with van der Waals surface area (Å²) in [6.45, 7) is 6.37. The molecule has 0 aliphatic heterocycles. The molecule has 0 aliphatic carbocycles. The zero-order valence-electron chi connectivity index (χ0n) is 40.3. The predicted octanol–water partition coefficient (Wildman–Crippen LogP) is 15.6. The van der Waals surface area contributed by atoms with E-state index >= 15 is 0 Å². The van der Waals surface area contributed by atoms with Gasteiger partial charge in [-0.3, -0.25) is 9.59 Å². The average molecular weight is 854 g/mol. The van der Waals surface area contributed by atoms with Gasteiger partial charge in [-0.2, -0.15) is 0 Å². The van der Waals surface area contributed by atoms with Gasteiger partial charge < -0.3 is 20.3 Å². The Labute approximate surface area is 378 Å². The molecule has 3 N–H and O–H groups in total. The Kier molecular flexibility index (Phi) is 46.6. The van der Waals surface area contributed by atoms with Crippen molar-refractivity contribution in [2.75, 3.05) is 6.61 Å². The normalized spacial score (nSPS) is 13.7. The molecule has 0 heterocycles. The second-order valence-electron chi connectivity index (χ2n) is 17.6. The summed E-state index contributed by atoms with van der Waals surface area (Å²) in [6, 6.07) is -0.733. The van der Waals surface area contributed by atoms with E-state index in [2.05, 4.69) is 80.8 Å². The lowest BCUT2D eigenvalue weighted by molar-refractivity contribution is -0.150. The Morgan fingerprint density at radius 3 is 1.43 bits per heavy atom. The van der Waals surface area contributed by atoms with E-state index in [9.17, 15) is 19.8 Å². The highest BCUT2D eigenvalue weighted by Gasteiger charge is 2.23. The van der Waals surface area contributed by atoms with Crippen LogP contribution in [0.15, 0.2) is 60.8 Å². The predicted molar refractivity (Wildman–Crippen MR) is 264 cm³/mol. The third-order valence-corrected chi connectivity index (χ3v) is 11.6. The standard InChI is InChI=1S/C55H99NO5/c1-4-7-10-13-16-19-22-24-26-27-29-31-33-35-38-41-44-47-53(58)52(50-57)56-54(59)49-51(61-55(60)48-45-42-39-36-21-18-15-12-9-6-3)46-43-40-37-34-32-30-28-25-23-20-17-14-11-8-5-2/h12,15,17,20,25,28,32,34,40,43,51-53,57-58H,4-11,13-14,16,18-19,21-24,26-27,29-31,33,35-39,41-42,44-50H2,1-3H3,(H,56,59)/b15-12-,20-17-,28-25-,34-32-,43-40-. The molecule has 61 heavy (non-hydrogen) atoms. The first-order chi connectivity index (χ1) is 30.0. The first-order valence-corrected chi connectivity index (χ1v) is 26.0. The largest absolute Gasteiger partial charge is 0.461 e. The second-order valence-corrected chi connectivity index (χ2v) is 17.6. The van der Waals surface area contributed by atoms with Crippen LogP contribution in [0.1, 0.15) is 252 Å². The van der Waals surface area contributed by atoms with E-state index in [1.807, 2.05) is 6.08 Å². The SMILES string of the molecule is CCC/C=C\CCCCCCCC(=O)OC(C/C=C\C/C=C\C/C=C\C/C=C\CCCCC)CC(=O)NC(CO)C(O)CCCCCCCCCCCCCCCCCCC. The number of aliphatic hydroxyl groups is 2. The number of rotatable bonds is 46. The van der Waals surface area contributed by atoms with E-state index in [4.69, 9.17) is 4.74 Å². The van der Waals surface area contributed by atoms with Crippen molar-refractivity contribution in [3.8, 4) is 0 Å². The van der Waals surface area contributed by atoms with Crippen LogP contribution in [-0.2, 0) is 14.3 Å². The number of carbonyl (C=O) groups excluding carboxylic acids is 2. The van der Waals surface area contributed by atoms with Crippen LogP contribution in [0.2, 0.25) is 0 Å². The number of nitrogens with one attached hydrogen (secondary N) is 1. The molecule has 0 bridgehead atoms. The first-order valence-electron chi connectivity index (χ1n) is 26.0. The van der Waals surface area contributed by atoms with Crippen molar-refractivity contribution in [1.82, 2.24) is 5.32 Å². The van der Waals surface area contributed by atoms with Crippen molar-refractivity contribution < 1.29 is 24.5 Å². The molecule has 0 fully saturated rings. The number of unbranched alkanes of at least 4 members (excludes halogenated alkanes) is 25. The Balaban J connectivity index is 4.62. The summed E-state index contributed by atoms with van der Waals surface area (Å²) in [7, 11) is 0. The van der Waals surface area contributed by atoms with Crippen molar-refractivity contribution in [1.29, 1.82) is 0 Å². The van der Waals surface area contributed by atoms with Gasteiger partial charge in [0, 0.05) is 12.8 Å². The summed E-state index contributed by atoms with van der Waals surface area (Å²) in [4.78, 5) is 26.0. The number of ether oxygens (including phenoxy) is 1. The number of carbonyl (C=O) groups is 2. The van der Waals surface area contributed by atoms with E-state index in [0.29, 0.717) is 19.3 Å². The number of hydrogen-bond donors (Lipinski definition) is 3. The van der Waals surface area contributed by atoms with Crippen molar-refractivity contribution >= 4 is 11.9 Å². The van der Waals surface area contributed by atoms with E-state index in [1.165, 1.54) is 128 Å². The molecule has 0 saturated heterocycles. The molecule has 0 spiro atoms. The Hall–Kier alpha value is -2.44. The zero-order valence-corrected chi connectivity index (χ0v) is 40.3. The van der Waals surface area contributed by atoms with E-state index < -0.39 is 18.2 Å². The molecule has 6 heteroatoms. The van der Waals surface area contributed by atoms with Gasteiger partial charge in [-0.25, -0.2) is 0 Å². The lowest BCUT2D eigenvalue weighted by atomic mass is 10.0. The maximum Gasteiger partial charge on any atom is 0.306 e. The number of hydrogen-bond acceptors (Lipinski definition) is 5. The summed E-state index contributed by atoms with van der Waals surface area (Å²) >= 11 is 0. The molecular weight excluding hydrogens is 755 g/mol. The Bertz CT molecular complexity index is 1090. The van der Waals surface area contributed by atoms with Gasteiger partial charge in [0.1, 0.15) is 6.10 Å². The van der Waals surface area contributed by atoms with E-state index in [1.54, 1.807) is 0 Å². The Morgan fingerprint density at radius 2 is 0.902 bits per heavy atom. The molecule has 0 aliphatic rings. The topological polar surface area (TPSA) is 95.9 Å². The average Bonchev–Trinajstić information content (AvgIpc) is 3.25. The van der Waals surface area contributed by atoms with Gasteiger partial charge in [-0.05, 0) is 64.2 Å². The fourth-order valence-corrected chi connectivity index (χ4v) is 7.59. The summed E-state index contributed by atoms with van der Waals surface area (Å²) in [5, 5.41) is 23.7. The second kappa shape index (κ2) is 48.6. The molecule has 3 unspecified atom stereocenters. The number of allylic oxidation sites excluding steroid dienone is 9.